The van der Waals surface area contributed by atoms with E-state index >= 15 is 0 Å². The minimum Gasteiger partial charge on any atom is -0.309 e. The Labute approximate surface area is 208 Å². The van der Waals surface area contributed by atoms with Crippen LogP contribution in [-0.2, 0) is 0 Å². The standard InChI is InChI=1S/C34H22N2/c1-2-13-24(14-3-1)35-31-19-9-7-17-28(31)33-32(35)22-21-27-26-16-6-8-18-30(26)36(34(27)33)29-20-10-12-23-11-4-5-15-25(23)29/h1-22H. The average Bonchev–Trinajstić information content (AvgIpc) is 3.46. The molecule has 0 unspecified atom stereocenters. The second kappa shape index (κ2) is 7.34. The molecule has 0 radical (unpaired) electrons. The minimum absolute atomic E-state index is 1.18. The molecule has 0 saturated heterocycles. The van der Waals surface area contributed by atoms with E-state index in [0.717, 1.165) is 0 Å². The van der Waals surface area contributed by atoms with Crippen molar-refractivity contribution in [3.05, 3.63) is 133 Å². The van der Waals surface area contributed by atoms with E-state index in [1.54, 1.807) is 0 Å². The van der Waals surface area contributed by atoms with Crippen LogP contribution in [-0.4, -0.2) is 9.13 Å². The molecule has 0 fully saturated rings. The summed E-state index contributed by atoms with van der Waals surface area (Å²) in [6, 6.07) is 48.2. The maximum atomic E-state index is 2.48. The Morgan fingerprint density at radius 2 is 1.00 bits per heavy atom. The van der Waals surface area contributed by atoms with Gasteiger partial charge in [0.25, 0.3) is 0 Å². The molecule has 0 N–H and O–H groups in total. The van der Waals surface area contributed by atoms with Crippen molar-refractivity contribution in [3.63, 3.8) is 0 Å². The number of fused-ring (bicyclic) bond motifs is 8. The minimum atomic E-state index is 1.18. The van der Waals surface area contributed by atoms with Crippen LogP contribution >= 0.6 is 0 Å². The normalized spacial score (nSPS) is 11.9. The first-order valence-electron chi connectivity index (χ1n) is 12.4. The van der Waals surface area contributed by atoms with E-state index in [0.29, 0.717) is 0 Å². The average molecular weight is 459 g/mol. The quantitative estimate of drug-likeness (QED) is 0.244. The van der Waals surface area contributed by atoms with E-state index in [1.165, 1.54) is 65.8 Å². The van der Waals surface area contributed by atoms with Gasteiger partial charge in [0.2, 0.25) is 0 Å². The van der Waals surface area contributed by atoms with Crippen LogP contribution in [0, 0.1) is 0 Å². The Morgan fingerprint density at radius 3 is 1.83 bits per heavy atom. The van der Waals surface area contributed by atoms with Crippen molar-refractivity contribution < 1.29 is 0 Å². The van der Waals surface area contributed by atoms with E-state index in [9.17, 15) is 0 Å². The second-order valence-electron chi connectivity index (χ2n) is 9.39. The van der Waals surface area contributed by atoms with Crippen molar-refractivity contribution in [2.24, 2.45) is 0 Å². The van der Waals surface area contributed by atoms with Crippen molar-refractivity contribution in [3.8, 4) is 11.4 Å². The first kappa shape index (κ1) is 19.5. The Hall–Kier alpha value is -4.82. The molecule has 0 amide bonds. The molecule has 0 atom stereocenters. The van der Waals surface area contributed by atoms with E-state index in [-0.39, 0.29) is 0 Å². The zero-order valence-corrected chi connectivity index (χ0v) is 19.6. The molecule has 2 nitrogen and oxygen atoms in total. The lowest BCUT2D eigenvalue weighted by Gasteiger charge is -2.12. The van der Waals surface area contributed by atoms with Gasteiger partial charge in [-0.2, -0.15) is 0 Å². The molecule has 2 aromatic heterocycles. The highest BCUT2D eigenvalue weighted by Gasteiger charge is 2.21. The second-order valence-corrected chi connectivity index (χ2v) is 9.39. The third-order valence-electron chi connectivity index (χ3n) is 7.49. The van der Waals surface area contributed by atoms with Gasteiger partial charge in [0, 0.05) is 32.6 Å². The van der Waals surface area contributed by atoms with Crippen LogP contribution in [0.5, 0.6) is 0 Å². The number of hydrogen-bond donors (Lipinski definition) is 0. The molecule has 0 aliphatic rings. The Bertz CT molecular complexity index is 2090. The number of hydrogen-bond acceptors (Lipinski definition) is 0. The molecule has 0 aliphatic heterocycles. The topological polar surface area (TPSA) is 9.86 Å². The lowest BCUT2D eigenvalue weighted by molar-refractivity contribution is 1.18. The van der Waals surface area contributed by atoms with Crippen LogP contribution in [0.4, 0.5) is 0 Å². The predicted octanol–water partition coefficient (Wildman–Crippen LogP) is 9.03. The zero-order valence-electron chi connectivity index (χ0n) is 19.6. The largest absolute Gasteiger partial charge is 0.309 e. The first-order chi connectivity index (χ1) is 17.9. The van der Waals surface area contributed by atoms with E-state index < -0.39 is 0 Å². The molecule has 36 heavy (non-hydrogen) atoms. The molecule has 6 aromatic carbocycles. The Balaban J connectivity index is 1.65. The summed E-state index contributed by atoms with van der Waals surface area (Å²) < 4.78 is 4.88. The van der Waals surface area contributed by atoms with Gasteiger partial charge in [0.15, 0.2) is 0 Å². The van der Waals surface area contributed by atoms with Gasteiger partial charge >= 0.3 is 0 Å². The summed E-state index contributed by atoms with van der Waals surface area (Å²) in [4.78, 5) is 0. The lowest BCUT2D eigenvalue weighted by Crippen LogP contribution is -1.96. The fraction of sp³-hybridized carbons (Fsp3) is 0. The van der Waals surface area contributed by atoms with Crippen molar-refractivity contribution in [2.45, 2.75) is 0 Å². The summed E-state index contributed by atoms with van der Waals surface area (Å²) in [7, 11) is 0. The van der Waals surface area contributed by atoms with Crippen molar-refractivity contribution in [1.29, 1.82) is 0 Å². The van der Waals surface area contributed by atoms with Gasteiger partial charge in [-0.15, -0.1) is 0 Å². The van der Waals surface area contributed by atoms with Gasteiger partial charge in [0.1, 0.15) is 0 Å². The molecule has 8 rings (SSSR count). The van der Waals surface area contributed by atoms with Gasteiger partial charge in [-0.05, 0) is 41.8 Å². The highest BCUT2D eigenvalue weighted by Crippen LogP contribution is 2.42. The summed E-state index contributed by atoms with van der Waals surface area (Å²) in [5.74, 6) is 0. The molecule has 8 aromatic rings. The van der Waals surface area contributed by atoms with Crippen LogP contribution in [0.1, 0.15) is 0 Å². The molecule has 2 heterocycles. The summed E-state index contributed by atoms with van der Waals surface area (Å²) >= 11 is 0. The summed E-state index contributed by atoms with van der Waals surface area (Å²) in [6.45, 7) is 0. The van der Waals surface area contributed by atoms with Crippen LogP contribution in [0.25, 0.3) is 65.8 Å². The Kier molecular flexibility index (Phi) is 3.97. The first-order valence-corrected chi connectivity index (χ1v) is 12.4. The molecular weight excluding hydrogens is 436 g/mol. The monoisotopic (exact) mass is 458 g/mol. The fourth-order valence-electron chi connectivity index (χ4n) is 6.02. The predicted molar refractivity (Wildman–Crippen MR) is 153 cm³/mol. The lowest BCUT2D eigenvalue weighted by atomic mass is 10.1. The smallest absolute Gasteiger partial charge is 0.0641 e. The van der Waals surface area contributed by atoms with E-state index in [2.05, 4.69) is 143 Å². The summed E-state index contributed by atoms with van der Waals surface area (Å²) in [6.07, 6.45) is 0. The molecular formula is C34H22N2. The number of rotatable bonds is 2. The van der Waals surface area contributed by atoms with E-state index in [1.807, 2.05) is 0 Å². The van der Waals surface area contributed by atoms with E-state index in [4.69, 9.17) is 0 Å². The number of para-hydroxylation sites is 3. The highest BCUT2D eigenvalue weighted by molar-refractivity contribution is 6.26. The maximum absolute atomic E-state index is 2.48. The van der Waals surface area contributed by atoms with Gasteiger partial charge in [0.05, 0.1) is 27.8 Å². The third-order valence-corrected chi connectivity index (χ3v) is 7.49. The SMILES string of the molecule is c1ccc(-n2c3ccccc3c3c2ccc2c4ccccc4n(-c4cccc5ccccc45)c23)cc1. The van der Waals surface area contributed by atoms with Crippen LogP contribution in [0.3, 0.4) is 0 Å². The highest BCUT2D eigenvalue weighted by atomic mass is 15.0. The van der Waals surface area contributed by atoms with Gasteiger partial charge in [-0.3, -0.25) is 0 Å². The molecule has 0 aliphatic carbocycles. The number of aromatic nitrogens is 2. The molecule has 2 heteroatoms. The van der Waals surface area contributed by atoms with Crippen LogP contribution in [0.2, 0.25) is 0 Å². The number of benzene rings is 6. The zero-order chi connectivity index (χ0) is 23.6. The van der Waals surface area contributed by atoms with Gasteiger partial charge < -0.3 is 9.13 Å². The summed E-state index contributed by atoms with van der Waals surface area (Å²) in [5, 5.41) is 7.62. The van der Waals surface area contributed by atoms with Crippen molar-refractivity contribution in [2.75, 3.05) is 0 Å². The molecule has 0 bridgehead atoms. The van der Waals surface area contributed by atoms with Gasteiger partial charge in [-0.25, -0.2) is 0 Å². The fourth-order valence-corrected chi connectivity index (χ4v) is 6.02. The van der Waals surface area contributed by atoms with Crippen LogP contribution < -0.4 is 0 Å². The van der Waals surface area contributed by atoms with Gasteiger partial charge in [-0.1, -0.05) is 97.1 Å². The summed E-state index contributed by atoms with van der Waals surface area (Å²) in [5.41, 5.74) is 7.32. The van der Waals surface area contributed by atoms with Crippen molar-refractivity contribution in [1.82, 2.24) is 9.13 Å². The molecule has 168 valence electrons. The maximum Gasteiger partial charge on any atom is 0.0641 e. The molecule has 0 spiro atoms. The van der Waals surface area contributed by atoms with Crippen LogP contribution in [0.15, 0.2) is 133 Å². The van der Waals surface area contributed by atoms with Crippen molar-refractivity contribution >= 4 is 54.4 Å². The Morgan fingerprint density at radius 1 is 0.361 bits per heavy atom. The molecule has 0 saturated carbocycles. The third kappa shape index (κ3) is 2.56. The number of nitrogens with zero attached hydrogens (tertiary/aromatic N) is 2.